The van der Waals surface area contributed by atoms with Crippen LogP contribution < -0.4 is 0 Å². The minimum absolute atomic E-state index is 0.0952. The second-order valence-corrected chi connectivity index (χ2v) is 4.95. The van der Waals surface area contributed by atoms with Gasteiger partial charge in [0.1, 0.15) is 4.88 Å². The quantitative estimate of drug-likeness (QED) is 0.884. The highest BCUT2D eigenvalue weighted by Gasteiger charge is 2.27. The van der Waals surface area contributed by atoms with Crippen molar-refractivity contribution in [2.45, 2.75) is 12.5 Å². The standard InChI is InChI=1S/C11H13NO4S/c1-16-7-4-5-12(6-7)10(13)8-2-3-9(17-8)11(14)15/h2-3,7H,4-6H2,1H3,(H,14,15)/t7-/m0/s1. The Hall–Kier alpha value is -1.40. The zero-order chi connectivity index (χ0) is 12.4. The monoisotopic (exact) mass is 255 g/mol. The van der Waals surface area contributed by atoms with Crippen LogP contribution in [0.1, 0.15) is 25.8 Å². The minimum Gasteiger partial charge on any atom is -0.477 e. The molecule has 0 aliphatic carbocycles. The first-order valence-corrected chi connectivity index (χ1v) is 6.08. The van der Waals surface area contributed by atoms with Crippen LogP contribution in [0.2, 0.25) is 0 Å². The van der Waals surface area contributed by atoms with Crippen molar-refractivity contribution in [3.05, 3.63) is 21.9 Å². The summed E-state index contributed by atoms with van der Waals surface area (Å²) in [5.74, 6) is -1.10. The number of carboxylic acid groups (broad SMARTS) is 1. The Kier molecular flexibility index (Phi) is 3.44. The summed E-state index contributed by atoms with van der Waals surface area (Å²) < 4.78 is 5.19. The highest BCUT2D eigenvalue weighted by molar-refractivity contribution is 7.15. The van der Waals surface area contributed by atoms with Crippen molar-refractivity contribution >= 4 is 23.2 Å². The molecular formula is C11H13NO4S. The fourth-order valence-electron chi connectivity index (χ4n) is 1.83. The van der Waals surface area contributed by atoms with Crippen LogP contribution in [0.15, 0.2) is 12.1 Å². The molecule has 5 nitrogen and oxygen atoms in total. The maximum absolute atomic E-state index is 12.0. The van der Waals surface area contributed by atoms with Gasteiger partial charge in [0.15, 0.2) is 0 Å². The molecule has 1 aliphatic heterocycles. The predicted octanol–water partition coefficient (Wildman–Crippen LogP) is 1.31. The maximum atomic E-state index is 12.0. The highest BCUT2D eigenvalue weighted by Crippen LogP contribution is 2.21. The van der Waals surface area contributed by atoms with Crippen LogP contribution in [0.4, 0.5) is 0 Å². The fraction of sp³-hybridized carbons (Fsp3) is 0.455. The van der Waals surface area contributed by atoms with Gasteiger partial charge in [-0.1, -0.05) is 0 Å². The van der Waals surface area contributed by atoms with Crippen LogP contribution in [0.3, 0.4) is 0 Å². The van der Waals surface area contributed by atoms with E-state index in [0.29, 0.717) is 18.0 Å². The number of methoxy groups -OCH3 is 1. The Balaban J connectivity index is 2.07. The number of carbonyl (C=O) groups excluding carboxylic acids is 1. The summed E-state index contributed by atoms with van der Waals surface area (Å²) >= 11 is 1.01. The van der Waals surface area contributed by atoms with E-state index in [1.807, 2.05) is 0 Å². The molecule has 6 heteroatoms. The molecule has 1 amide bonds. The molecule has 1 aromatic rings. The summed E-state index contributed by atoms with van der Waals surface area (Å²) in [4.78, 5) is 25.1. The lowest BCUT2D eigenvalue weighted by Gasteiger charge is -2.14. The SMILES string of the molecule is CO[C@H]1CCN(C(=O)c2ccc(C(=O)O)s2)C1. The van der Waals surface area contributed by atoms with Crippen LogP contribution in [-0.4, -0.2) is 48.2 Å². The van der Waals surface area contributed by atoms with E-state index >= 15 is 0 Å². The van der Waals surface area contributed by atoms with Gasteiger partial charge in [-0.2, -0.15) is 0 Å². The molecule has 1 aromatic heterocycles. The molecule has 1 N–H and O–H groups in total. The van der Waals surface area contributed by atoms with E-state index in [1.165, 1.54) is 6.07 Å². The van der Waals surface area contributed by atoms with Crippen molar-refractivity contribution in [3.8, 4) is 0 Å². The van der Waals surface area contributed by atoms with Crippen molar-refractivity contribution in [2.24, 2.45) is 0 Å². The second-order valence-electron chi connectivity index (χ2n) is 3.87. The van der Waals surface area contributed by atoms with E-state index in [2.05, 4.69) is 0 Å². The van der Waals surface area contributed by atoms with Crippen LogP contribution in [0, 0.1) is 0 Å². The first-order valence-electron chi connectivity index (χ1n) is 5.27. The average Bonchev–Trinajstić information content (AvgIpc) is 2.97. The van der Waals surface area contributed by atoms with Gasteiger partial charge in [0, 0.05) is 20.2 Å². The zero-order valence-electron chi connectivity index (χ0n) is 9.38. The van der Waals surface area contributed by atoms with Gasteiger partial charge < -0.3 is 14.7 Å². The van der Waals surface area contributed by atoms with Crippen molar-refractivity contribution < 1.29 is 19.4 Å². The van der Waals surface area contributed by atoms with Crippen LogP contribution in [0.25, 0.3) is 0 Å². The summed E-state index contributed by atoms with van der Waals surface area (Å²) in [7, 11) is 1.63. The van der Waals surface area contributed by atoms with E-state index in [0.717, 1.165) is 17.8 Å². The van der Waals surface area contributed by atoms with Crippen LogP contribution in [0.5, 0.6) is 0 Å². The van der Waals surface area contributed by atoms with Gasteiger partial charge in [-0.15, -0.1) is 11.3 Å². The number of nitrogens with zero attached hydrogens (tertiary/aromatic N) is 1. The first-order chi connectivity index (χ1) is 8.11. The van der Waals surface area contributed by atoms with Gasteiger partial charge in [-0.05, 0) is 18.6 Å². The van der Waals surface area contributed by atoms with Crippen molar-refractivity contribution in [1.29, 1.82) is 0 Å². The van der Waals surface area contributed by atoms with E-state index in [9.17, 15) is 9.59 Å². The number of ether oxygens (including phenoxy) is 1. The fourth-order valence-corrected chi connectivity index (χ4v) is 2.64. The van der Waals surface area contributed by atoms with Gasteiger partial charge in [-0.3, -0.25) is 4.79 Å². The summed E-state index contributed by atoms with van der Waals surface area (Å²) in [5.41, 5.74) is 0. The number of aromatic carboxylic acids is 1. The average molecular weight is 255 g/mol. The Morgan fingerprint density at radius 2 is 2.18 bits per heavy atom. The lowest BCUT2D eigenvalue weighted by molar-refractivity contribution is 0.0701. The summed E-state index contributed by atoms with van der Waals surface area (Å²) in [6.45, 7) is 1.24. The Bertz CT molecular complexity index is 442. The molecular weight excluding hydrogens is 242 g/mol. The Morgan fingerprint density at radius 3 is 2.71 bits per heavy atom. The molecule has 1 aliphatic rings. The number of thiophene rings is 1. The number of hydrogen-bond acceptors (Lipinski definition) is 4. The summed E-state index contributed by atoms with van der Waals surface area (Å²) in [6.07, 6.45) is 0.928. The smallest absolute Gasteiger partial charge is 0.345 e. The number of amides is 1. The molecule has 1 atom stereocenters. The third kappa shape index (κ3) is 2.48. The number of hydrogen-bond donors (Lipinski definition) is 1. The van der Waals surface area contributed by atoms with E-state index < -0.39 is 5.97 Å². The number of rotatable bonds is 3. The van der Waals surface area contributed by atoms with Crippen LogP contribution in [-0.2, 0) is 4.74 Å². The molecule has 0 spiro atoms. The normalized spacial score (nSPS) is 19.6. The van der Waals surface area contributed by atoms with Gasteiger partial charge in [0.25, 0.3) is 5.91 Å². The van der Waals surface area contributed by atoms with Gasteiger partial charge in [0.2, 0.25) is 0 Å². The second kappa shape index (κ2) is 4.85. The van der Waals surface area contributed by atoms with Gasteiger partial charge >= 0.3 is 5.97 Å². The van der Waals surface area contributed by atoms with Gasteiger partial charge in [-0.25, -0.2) is 4.79 Å². The molecule has 2 heterocycles. The molecule has 2 rings (SSSR count). The largest absolute Gasteiger partial charge is 0.477 e. The number of carboxylic acids is 1. The topological polar surface area (TPSA) is 66.8 Å². The zero-order valence-corrected chi connectivity index (χ0v) is 10.2. The Labute approximate surface area is 103 Å². The molecule has 0 aromatic carbocycles. The van der Waals surface area contributed by atoms with Crippen molar-refractivity contribution in [3.63, 3.8) is 0 Å². The van der Waals surface area contributed by atoms with Crippen molar-refractivity contribution in [1.82, 2.24) is 4.90 Å². The van der Waals surface area contributed by atoms with E-state index in [1.54, 1.807) is 18.1 Å². The summed E-state index contributed by atoms with van der Waals surface area (Å²) in [5, 5.41) is 8.79. The molecule has 1 fully saturated rings. The van der Waals surface area contributed by atoms with Crippen molar-refractivity contribution in [2.75, 3.05) is 20.2 Å². The number of likely N-dealkylation sites (tertiary alicyclic amines) is 1. The molecule has 0 radical (unpaired) electrons. The third-order valence-electron chi connectivity index (χ3n) is 2.79. The third-order valence-corrected chi connectivity index (χ3v) is 3.85. The molecule has 17 heavy (non-hydrogen) atoms. The van der Waals surface area contributed by atoms with Gasteiger partial charge in [0.05, 0.1) is 11.0 Å². The lowest BCUT2D eigenvalue weighted by atomic mass is 10.3. The van der Waals surface area contributed by atoms with Crippen LogP contribution >= 0.6 is 11.3 Å². The molecule has 0 unspecified atom stereocenters. The molecule has 0 saturated carbocycles. The highest BCUT2D eigenvalue weighted by atomic mass is 32.1. The van der Waals surface area contributed by atoms with E-state index in [4.69, 9.17) is 9.84 Å². The maximum Gasteiger partial charge on any atom is 0.345 e. The number of carbonyl (C=O) groups is 2. The van der Waals surface area contributed by atoms with E-state index in [-0.39, 0.29) is 16.9 Å². The first kappa shape index (κ1) is 12.1. The lowest BCUT2D eigenvalue weighted by Crippen LogP contribution is -2.29. The minimum atomic E-state index is -0.995. The Morgan fingerprint density at radius 1 is 1.47 bits per heavy atom. The molecule has 92 valence electrons. The molecule has 0 bridgehead atoms. The predicted molar refractivity (Wildman–Crippen MR) is 62.6 cm³/mol. The molecule has 1 saturated heterocycles. The summed E-state index contributed by atoms with van der Waals surface area (Å²) in [6, 6.07) is 3.03.